The molecule has 6 nitrogen and oxygen atoms in total. The predicted molar refractivity (Wildman–Crippen MR) is 77.2 cm³/mol. The van der Waals surface area contributed by atoms with Gasteiger partial charge in [-0.15, -0.1) is 0 Å². The Labute approximate surface area is 128 Å². The highest BCUT2D eigenvalue weighted by molar-refractivity contribution is 7.89. The van der Waals surface area contributed by atoms with Crippen molar-refractivity contribution in [2.75, 3.05) is 19.7 Å². The summed E-state index contributed by atoms with van der Waals surface area (Å²) in [6.45, 7) is 4.43. The SMILES string of the molecule is CC1(C)CN(S(=O)(=O)c2ccc(C(=O)O)c(Cl)c2)CCO1. The normalized spacial score (nSPS) is 19.4. The van der Waals surface area contributed by atoms with E-state index in [1.807, 2.05) is 13.8 Å². The van der Waals surface area contributed by atoms with Crippen LogP contribution < -0.4 is 0 Å². The highest BCUT2D eigenvalue weighted by atomic mass is 35.5. The van der Waals surface area contributed by atoms with Crippen LogP contribution in [0.4, 0.5) is 0 Å². The molecule has 1 aliphatic heterocycles. The fourth-order valence-electron chi connectivity index (χ4n) is 2.16. The number of benzene rings is 1. The molecule has 1 aliphatic rings. The second-order valence-corrected chi connectivity index (χ2v) is 7.74. The molecule has 0 saturated carbocycles. The van der Waals surface area contributed by atoms with E-state index in [1.54, 1.807) is 0 Å². The number of carboxylic acid groups (broad SMARTS) is 1. The van der Waals surface area contributed by atoms with E-state index in [2.05, 4.69) is 0 Å². The van der Waals surface area contributed by atoms with Crippen molar-refractivity contribution < 1.29 is 23.1 Å². The molecule has 116 valence electrons. The Kier molecular flexibility index (Phi) is 4.30. The number of hydrogen-bond donors (Lipinski definition) is 1. The lowest BCUT2D eigenvalue weighted by Gasteiger charge is -2.37. The number of rotatable bonds is 3. The number of nitrogens with zero attached hydrogens (tertiary/aromatic N) is 1. The quantitative estimate of drug-likeness (QED) is 0.912. The van der Waals surface area contributed by atoms with Gasteiger partial charge >= 0.3 is 5.97 Å². The third-order valence-electron chi connectivity index (χ3n) is 3.20. The topological polar surface area (TPSA) is 83.9 Å². The van der Waals surface area contributed by atoms with Gasteiger partial charge in [-0.25, -0.2) is 13.2 Å². The molecule has 1 aromatic rings. The number of carbonyl (C=O) groups is 1. The highest BCUT2D eigenvalue weighted by Gasteiger charge is 2.35. The molecule has 21 heavy (non-hydrogen) atoms. The van der Waals surface area contributed by atoms with Crippen molar-refractivity contribution >= 4 is 27.6 Å². The number of halogens is 1. The Hall–Kier alpha value is -1.15. The van der Waals surface area contributed by atoms with Crippen LogP contribution in [0.25, 0.3) is 0 Å². The summed E-state index contributed by atoms with van der Waals surface area (Å²) >= 11 is 5.84. The summed E-state index contributed by atoms with van der Waals surface area (Å²) in [5, 5.41) is 8.82. The van der Waals surface area contributed by atoms with Gasteiger partial charge in [0.05, 0.1) is 27.7 Å². The van der Waals surface area contributed by atoms with Crippen molar-refractivity contribution in [1.29, 1.82) is 0 Å². The Morgan fingerprint density at radius 2 is 2.10 bits per heavy atom. The second-order valence-electron chi connectivity index (χ2n) is 5.39. The van der Waals surface area contributed by atoms with E-state index in [-0.39, 0.29) is 28.6 Å². The van der Waals surface area contributed by atoms with E-state index in [4.69, 9.17) is 21.4 Å². The first-order valence-electron chi connectivity index (χ1n) is 6.30. The van der Waals surface area contributed by atoms with Gasteiger partial charge in [-0.2, -0.15) is 4.31 Å². The molecule has 0 spiro atoms. The number of sulfonamides is 1. The molecule has 1 N–H and O–H groups in total. The molecule has 0 radical (unpaired) electrons. The Morgan fingerprint density at radius 3 is 2.62 bits per heavy atom. The summed E-state index contributed by atoms with van der Waals surface area (Å²) < 4.78 is 32.0. The second kappa shape index (κ2) is 5.57. The van der Waals surface area contributed by atoms with E-state index in [9.17, 15) is 13.2 Å². The molecular weight excluding hydrogens is 318 g/mol. The van der Waals surface area contributed by atoms with Crippen LogP contribution in [0.2, 0.25) is 5.02 Å². The summed E-state index contributed by atoms with van der Waals surface area (Å²) in [7, 11) is -3.72. The van der Waals surface area contributed by atoms with E-state index < -0.39 is 21.6 Å². The number of hydrogen-bond acceptors (Lipinski definition) is 4. The first kappa shape index (κ1) is 16.2. The minimum atomic E-state index is -3.72. The molecule has 0 aliphatic carbocycles. The molecular formula is C13H16ClNO5S. The molecule has 1 saturated heterocycles. The van der Waals surface area contributed by atoms with Gasteiger partial charge in [0.2, 0.25) is 10.0 Å². The summed E-state index contributed by atoms with van der Waals surface area (Å²) in [6.07, 6.45) is 0. The van der Waals surface area contributed by atoms with Gasteiger partial charge in [0.15, 0.2) is 0 Å². The Morgan fingerprint density at radius 1 is 1.43 bits per heavy atom. The molecule has 1 aromatic carbocycles. The monoisotopic (exact) mass is 333 g/mol. The molecule has 1 heterocycles. The van der Waals surface area contributed by atoms with Crippen LogP contribution in [0, 0.1) is 0 Å². The van der Waals surface area contributed by atoms with Crippen molar-refractivity contribution in [3.63, 3.8) is 0 Å². The van der Waals surface area contributed by atoms with Crippen LogP contribution in [-0.2, 0) is 14.8 Å². The number of ether oxygens (including phenoxy) is 1. The van der Waals surface area contributed by atoms with Gasteiger partial charge < -0.3 is 9.84 Å². The first-order valence-corrected chi connectivity index (χ1v) is 8.12. The van der Waals surface area contributed by atoms with Crippen molar-refractivity contribution in [2.24, 2.45) is 0 Å². The van der Waals surface area contributed by atoms with Gasteiger partial charge in [0.1, 0.15) is 0 Å². The predicted octanol–water partition coefficient (Wildman–Crippen LogP) is 1.84. The summed E-state index contributed by atoms with van der Waals surface area (Å²) in [5.74, 6) is -1.20. The average Bonchev–Trinajstić information content (AvgIpc) is 2.36. The van der Waals surface area contributed by atoms with Crippen molar-refractivity contribution in [3.05, 3.63) is 28.8 Å². The third kappa shape index (κ3) is 3.37. The average molecular weight is 334 g/mol. The molecule has 0 aromatic heterocycles. The maximum Gasteiger partial charge on any atom is 0.337 e. The smallest absolute Gasteiger partial charge is 0.337 e. The highest BCUT2D eigenvalue weighted by Crippen LogP contribution is 2.26. The van der Waals surface area contributed by atoms with Gasteiger partial charge in [0.25, 0.3) is 0 Å². The van der Waals surface area contributed by atoms with Crippen molar-refractivity contribution in [1.82, 2.24) is 4.31 Å². The third-order valence-corrected chi connectivity index (χ3v) is 5.35. The van der Waals surface area contributed by atoms with Crippen molar-refractivity contribution in [3.8, 4) is 0 Å². The lowest BCUT2D eigenvalue weighted by Crippen LogP contribution is -2.50. The fraction of sp³-hybridized carbons (Fsp3) is 0.462. The summed E-state index contributed by atoms with van der Waals surface area (Å²) in [5.41, 5.74) is -0.686. The molecule has 0 unspecified atom stereocenters. The zero-order valence-electron chi connectivity index (χ0n) is 11.7. The van der Waals surface area contributed by atoms with E-state index in [1.165, 1.54) is 22.5 Å². The van der Waals surface area contributed by atoms with Crippen LogP contribution in [0.3, 0.4) is 0 Å². The zero-order valence-corrected chi connectivity index (χ0v) is 13.2. The van der Waals surface area contributed by atoms with Gasteiger partial charge in [-0.3, -0.25) is 0 Å². The first-order chi connectivity index (χ1) is 9.63. The Bertz CT molecular complexity index is 671. The number of aromatic carboxylic acids is 1. The minimum Gasteiger partial charge on any atom is -0.478 e. The van der Waals surface area contributed by atoms with Crippen LogP contribution in [0.15, 0.2) is 23.1 Å². The standard InChI is InChI=1S/C13H16ClNO5S/c1-13(2)8-15(5-6-20-13)21(18,19)9-3-4-10(12(16)17)11(14)7-9/h3-4,7H,5-6,8H2,1-2H3,(H,16,17). The zero-order chi connectivity index (χ0) is 15.8. The molecule has 0 bridgehead atoms. The maximum absolute atomic E-state index is 12.6. The van der Waals surface area contributed by atoms with Crippen molar-refractivity contribution in [2.45, 2.75) is 24.3 Å². The Balaban J connectivity index is 2.36. The molecule has 0 atom stereocenters. The number of carboxylic acids is 1. The van der Waals surface area contributed by atoms with Gasteiger partial charge in [-0.05, 0) is 32.0 Å². The van der Waals surface area contributed by atoms with Gasteiger partial charge in [0, 0.05) is 13.1 Å². The molecule has 0 amide bonds. The lowest BCUT2D eigenvalue weighted by molar-refractivity contribution is -0.0640. The van der Waals surface area contributed by atoms with Crippen LogP contribution in [0.1, 0.15) is 24.2 Å². The largest absolute Gasteiger partial charge is 0.478 e. The molecule has 2 rings (SSSR count). The van der Waals surface area contributed by atoms with E-state index >= 15 is 0 Å². The summed E-state index contributed by atoms with van der Waals surface area (Å²) in [6, 6.07) is 3.62. The number of morpholine rings is 1. The van der Waals surface area contributed by atoms with Crippen LogP contribution >= 0.6 is 11.6 Å². The van der Waals surface area contributed by atoms with Crippen LogP contribution in [0.5, 0.6) is 0 Å². The molecule has 1 fully saturated rings. The van der Waals surface area contributed by atoms with Gasteiger partial charge in [-0.1, -0.05) is 11.6 Å². The van der Waals surface area contributed by atoms with E-state index in [0.29, 0.717) is 6.61 Å². The molecule has 8 heteroatoms. The summed E-state index contributed by atoms with van der Waals surface area (Å²) in [4.78, 5) is 10.9. The maximum atomic E-state index is 12.6. The van der Waals surface area contributed by atoms with Crippen LogP contribution in [-0.4, -0.2) is 49.1 Å². The minimum absolute atomic E-state index is 0.0183. The fourth-order valence-corrected chi connectivity index (χ4v) is 4.08. The van der Waals surface area contributed by atoms with E-state index in [0.717, 1.165) is 0 Å². The lowest BCUT2D eigenvalue weighted by atomic mass is 10.1.